The van der Waals surface area contributed by atoms with Crippen molar-refractivity contribution in [2.75, 3.05) is 32.9 Å². The van der Waals surface area contributed by atoms with Crippen LogP contribution in [0.15, 0.2) is 30.3 Å². The van der Waals surface area contributed by atoms with Gasteiger partial charge in [0, 0.05) is 25.7 Å². The smallest absolute Gasteiger partial charge is 0.0805 e. The lowest BCUT2D eigenvalue weighted by Crippen LogP contribution is -2.49. The van der Waals surface area contributed by atoms with Gasteiger partial charge in [0.1, 0.15) is 0 Å². The topological polar surface area (TPSA) is 41.9 Å². The summed E-state index contributed by atoms with van der Waals surface area (Å²) in [5.74, 6) is 0. The minimum Gasteiger partial charge on any atom is -0.388 e. The van der Waals surface area contributed by atoms with E-state index >= 15 is 0 Å². The fraction of sp³-hybridized carbons (Fsp3) is 0.647. The summed E-state index contributed by atoms with van der Waals surface area (Å²) in [5, 5.41) is 10.4. The van der Waals surface area contributed by atoms with Crippen LogP contribution in [-0.2, 0) is 9.47 Å². The van der Waals surface area contributed by atoms with Gasteiger partial charge in [-0.3, -0.25) is 4.90 Å². The summed E-state index contributed by atoms with van der Waals surface area (Å²) in [4.78, 5) is 2.44. The van der Waals surface area contributed by atoms with Crippen molar-refractivity contribution < 1.29 is 14.6 Å². The minimum absolute atomic E-state index is 0.276. The second kappa shape index (κ2) is 7.36. The van der Waals surface area contributed by atoms with Crippen molar-refractivity contribution in [3.05, 3.63) is 35.9 Å². The maximum Gasteiger partial charge on any atom is 0.0805 e. The Morgan fingerprint density at radius 3 is 2.86 bits per heavy atom. The standard InChI is InChI=1S/C17H25NO3/c19-17(14-5-2-1-3-6-14)11-15-13-20-10-8-18(15)12-16-7-4-9-21-16/h1-3,5-6,15-17,19H,4,7-13H2. The molecule has 0 aliphatic carbocycles. The molecule has 1 aromatic rings. The number of morpholine rings is 1. The maximum atomic E-state index is 10.4. The summed E-state index contributed by atoms with van der Waals surface area (Å²) in [5.41, 5.74) is 0.986. The van der Waals surface area contributed by atoms with Gasteiger partial charge in [0.2, 0.25) is 0 Å². The van der Waals surface area contributed by atoms with E-state index in [2.05, 4.69) is 4.90 Å². The molecule has 3 rings (SSSR count). The summed E-state index contributed by atoms with van der Waals surface area (Å²) in [6, 6.07) is 10.2. The van der Waals surface area contributed by atoms with Gasteiger partial charge in [-0.1, -0.05) is 30.3 Å². The van der Waals surface area contributed by atoms with E-state index in [0.717, 1.165) is 44.7 Å². The molecule has 21 heavy (non-hydrogen) atoms. The SMILES string of the molecule is OC(CC1COCCN1CC1CCCO1)c1ccccc1. The van der Waals surface area contributed by atoms with Crippen LogP contribution >= 0.6 is 0 Å². The predicted molar refractivity (Wildman–Crippen MR) is 81.2 cm³/mol. The summed E-state index contributed by atoms with van der Waals surface area (Å²) >= 11 is 0. The van der Waals surface area contributed by atoms with Crippen LogP contribution in [0.25, 0.3) is 0 Å². The molecule has 0 radical (unpaired) electrons. The number of aliphatic hydroxyl groups excluding tert-OH is 1. The molecule has 1 aromatic carbocycles. The van der Waals surface area contributed by atoms with Crippen LogP contribution in [0.2, 0.25) is 0 Å². The van der Waals surface area contributed by atoms with E-state index in [1.54, 1.807) is 0 Å². The zero-order valence-corrected chi connectivity index (χ0v) is 12.5. The first-order chi connectivity index (χ1) is 10.3. The highest BCUT2D eigenvalue weighted by molar-refractivity contribution is 5.17. The van der Waals surface area contributed by atoms with Crippen LogP contribution in [-0.4, -0.2) is 55.1 Å². The Balaban J connectivity index is 1.58. The van der Waals surface area contributed by atoms with Crippen molar-refractivity contribution in [3.8, 4) is 0 Å². The zero-order valence-electron chi connectivity index (χ0n) is 12.5. The third-order valence-electron chi connectivity index (χ3n) is 4.49. The third-order valence-corrected chi connectivity index (χ3v) is 4.49. The van der Waals surface area contributed by atoms with Crippen LogP contribution < -0.4 is 0 Å². The second-order valence-electron chi connectivity index (χ2n) is 6.02. The molecule has 2 aliphatic rings. The molecular weight excluding hydrogens is 266 g/mol. The molecule has 0 aromatic heterocycles. The second-order valence-corrected chi connectivity index (χ2v) is 6.02. The van der Waals surface area contributed by atoms with E-state index in [1.807, 2.05) is 30.3 Å². The Morgan fingerprint density at radius 2 is 2.10 bits per heavy atom. The molecule has 2 heterocycles. The van der Waals surface area contributed by atoms with Crippen LogP contribution in [0, 0.1) is 0 Å². The van der Waals surface area contributed by atoms with Gasteiger partial charge in [0.25, 0.3) is 0 Å². The molecule has 2 aliphatic heterocycles. The number of hydrogen-bond acceptors (Lipinski definition) is 4. The first-order valence-corrected chi connectivity index (χ1v) is 7.99. The molecule has 3 unspecified atom stereocenters. The molecule has 0 bridgehead atoms. The fourth-order valence-electron chi connectivity index (χ4n) is 3.27. The molecule has 2 saturated heterocycles. The quantitative estimate of drug-likeness (QED) is 0.901. The van der Waals surface area contributed by atoms with E-state index in [0.29, 0.717) is 12.7 Å². The highest BCUT2D eigenvalue weighted by Gasteiger charge is 2.29. The highest BCUT2D eigenvalue weighted by atomic mass is 16.5. The van der Waals surface area contributed by atoms with Gasteiger partial charge in [-0.15, -0.1) is 0 Å². The van der Waals surface area contributed by atoms with Crippen LogP contribution in [0.3, 0.4) is 0 Å². The van der Waals surface area contributed by atoms with Gasteiger partial charge < -0.3 is 14.6 Å². The molecule has 0 spiro atoms. The molecule has 2 fully saturated rings. The van der Waals surface area contributed by atoms with Gasteiger partial charge in [-0.25, -0.2) is 0 Å². The van der Waals surface area contributed by atoms with Crippen molar-refractivity contribution in [1.29, 1.82) is 0 Å². The number of benzene rings is 1. The molecule has 3 atom stereocenters. The fourth-order valence-corrected chi connectivity index (χ4v) is 3.27. The Morgan fingerprint density at radius 1 is 1.24 bits per heavy atom. The highest BCUT2D eigenvalue weighted by Crippen LogP contribution is 2.24. The average molecular weight is 291 g/mol. The van der Waals surface area contributed by atoms with Gasteiger partial charge in [0.15, 0.2) is 0 Å². The number of rotatable bonds is 5. The summed E-state index contributed by atoms with van der Waals surface area (Å²) < 4.78 is 11.4. The molecule has 4 nitrogen and oxygen atoms in total. The van der Waals surface area contributed by atoms with Crippen LogP contribution in [0.4, 0.5) is 0 Å². The lowest BCUT2D eigenvalue weighted by Gasteiger charge is -2.37. The Kier molecular flexibility index (Phi) is 5.25. The molecule has 1 N–H and O–H groups in total. The molecule has 4 heteroatoms. The summed E-state index contributed by atoms with van der Waals surface area (Å²) in [6.45, 7) is 4.29. The predicted octanol–water partition coefficient (Wildman–Crippen LogP) is 1.99. The maximum absolute atomic E-state index is 10.4. The minimum atomic E-state index is -0.426. The Labute approximate surface area is 126 Å². The number of hydrogen-bond donors (Lipinski definition) is 1. The summed E-state index contributed by atoms with van der Waals surface area (Å²) in [7, 11) is 0. The average Bonchev–Trinajstić information content (AvgIpc) is 3.03. The Bertz CT molecular complexity index is 419. The van der Waals surface area contributed by atoms with Gasteiger partial charge in [-0.05, 0) is 24.8 Å². The van der Waals surface area contributed by atoms with Crippen LogP contribution in [0.5, 0.6) is 0 Å². The molecule has 116 valence electrons. The third kappa shape index (κ3) is 4.04. The van der Waals surface area contributed by atoms with Gasteiger partial charge in [-0.2, -0.15) is 0 Å². The monoisotopic (exact) mass is 291 g/mol. The van der Waals surface area contributed by atoms with Crippen molar-refractivity contribution in [3.63, 3.8) is 0 Å². The van der Waals surface area contributed by atoms with E-state index in [1.165, 1.54) is 6.42 Å². The number of nitrogens with zero attached hydrogens (tertiary/aromatic N) is 1. The number of ether oxygens (including phenoxy) is 2. The molecule has 0 saturated carbocycles. The van der Waals surface area contributed by atoms with Gasteiger partial charge in [0.05, 0.1) is 25.4 Å². The van der Waals surface area contributed by atoms with Crippen LogP contribution in [0.1, 0.15) is 30.9 Å². The van der Waals surface area contributed by atoms with Crippen molar-refractivity contribution in [1.82, 2.24) is 4.90 Å². The van der Waals surface area contributed by atoms with Crippen molar-refractivity contribution in [2.24, 2.45) is 0 Å². The van der Waals surface area contributed by atoms with Crippen molar-refractivity contribution >= 4 is 0 Å². The normalized spacial score (nSPS) is 28.6. The van der Waals surface area contributed by atoms with Gasteiger partial charge >= 0.3 is 0 Å². The lowest BCUT2D eigenvalue weighted by atomic mass is 10.0. The number of aliphatic hydroxyl groups is 1. The summed E-state index contributed by atoms with van der Waals surface area (Å²) in [6.07, 6.45) is 2.98. The first kappa shape index (κ1) is 15.0. The van der Waals surface area contributed by atoms with E-state index in [9.17, 15) is 5.11 Å². The van der Waals surface area contributed by atoms with E-state index in [4.69, 9.17) is 9.47 Å². The first-order valence-electron chi connectivity index (χ1n) is 7.99. The van der Waals surface area contributed by atoms with E-state index in [-0.39, 0.29) is 6.04 Å². The zero-order chi connectivity index (χ0) is 14.5. The largest absolute Gasteiger partial charge is 0.388 e. The van der Waals surface area contributed by atoms with Crippen molar-refractivity contribution in [2.45, 2.75) is 37.5 Å². The molecular formula is C17H25NO3. The Hall–Kier alpha value is -0.940. The van der Waals surface area contributed by atoms with E-state index < -0.39 is 6.10 Å². The lowest BCUT2D eigenvalue weighted by molar-refractivity contribution is -0.0451. The molecule has 0 amide bonds.